The van der Waals surface area contributed by atoms with Gasteiger partial charge >= 0.3 is 5.97 Å². The van der Waals surface area contributed by atoms with E-state index in [-0.39, 0.29) is 24.0 Å². The predicted octanol–water partition coefficient (Wildman–Crippen LogP) is 4.78. The highest BCUT2D eigenvalue weighted by Crippen LogP contribution is 2.35. The van der Waals surface area contributed by atoms with Crippen LogP contribution in [0.5, 0.6) is 11.5 Å². The Morgan fingerprint density at radius 3 is 2.32 bits per heavy atom. The van der Waals surface area contributed by atoms with Gasteiger partial charge in [-0.05, 0) is 84.0 Å². The minimum absolute atomic E-state index is 0.0569. The van der Waals surface area contributed by atoms with E-state index in [9.17, 15) is 13.2 Å². The Kier molecular flexibility index (Phi) is 8.68. The highest BCUT2D eigenvalue weighted by molar-refractivity contribution is 7.91. The molecule has 9 heteroatoms. The molecule has 8 nitrogen and oxygen atoms in total. The maximum Gasteiger partial charge on any atom is 0.331 e. The molecule has 3 aromatic carbocycles. The molecule has 2 heterocycles. The summed E-state index contributed by atoms with van der Waals surface area (Å²) in [6, 6.07) is 20.0. The van der Waals surface area contributed by atoms with Gasteiger partial charge in [-0.1, -0.05) is 30.3 Å². The van der Waals surface area contributed by atoms with Crippen LogP contribution in [0, 0.1) is 19.8 Å². The molecule has 0 amide bonds. The van der Waals surface area contributed by atoms with Crippen molar-refractivity contribution in [3.05, 3.63) is 82.9 Å². The van der Waals surface area contributed by atoms with Crippen LogP contribution in [0.3, 0.4) is 0 Å². The normalized spacial score (nSPS) is 18.9. The van der Waals surface area contributed by atoms with E-state index in [0.717, 1.165) is 44.9 Å². The van der Waals surface area contributed by atoms with Crippen LogP contribution in [0.15, 0.2) is 60.7 Å². The first-order chi connectivity index (χ1) is 19.7. The fourth-order valence-electron chi connectivity index (χ4n) is 5.39. The van der Waals surface area contributed by atoms with Crippen molar-refractivity contribution >= 4 is 15.8 Å². The molecule has 0 aromatic heterocycles. The molecule has 2 fully saturated rings. The smallest absolute Gasteiger partial charge is 0.331 e. The molecule has 41 heavy (non-hydrogen) atoms. The van der Waals surface area contributed by atoms with Crippen LogP contribution in [0.4, 0.5) is 0 Å². The van der Waals surface area contributed by atoms with Gasteiger partial charge in [0.2, 0.25) is 0 Å². The van der Waals surface area contributed by atoms with Crippen molar-refractivity contribution in [3.8, 4) is 22.6 Å². The number of benzene rings is 3. The van der Waals surface area contributed by atoms with Gasteiger partial charge in [0.25, 0.3) is 0 Å². The molecule has 2 aliphatic rings. The summed E-state index contributed by atoms with van der Waals surface area (Å²) >= 11 is 0. The van der Waals surface area contributed by atoms with Crippen LogP contribution in [0.25, 0.3) is 11.1 Å². The van der Waals surface area contributed by atoms with Gasteiger partial charge in [0.1, 0.15) is 30.3 Å². The number of rotatable bonds is 11. The summed E-state index contributed by atoms with van der Waals surface area (Å²) in [5, 5.41) is 0. The molecular formula is C32H36O8S. The molecule has 0 radical (unpaired) electrons. The van der Waals surface area contributed by atoms with Crippen molar-refractivity contribution in [2.75, 3.05) is 45.0 Å². The van der Waals surface area contributed by atoms with Crippen molar-refractivity contribution in [1.29, 1.82) is 0 Å². The van der Waals surface area contributed by atoms with Crippen LogP contribution in [-0.2, 0) is 41.1 Å². The lowest BCUT2D eigenvalue weighted by Crippen LogP contribution is -2.49. The Morgan fingerprint density at radius 1 is 0.976 bits per heavy atom. The van der Waals surface area contributed by atoms with Crippen molar-refractivity contribution < 1.29 is 36.9 Å². The van der Waals surface area contributed by atoms with Crippen LogP contribution in [0.1, 0.15) is 28.7 Å². The fraction of sp³-hybridized carbons (Fsp3) is 0.406. The highest BCUT2D eigenvalue weighted by Gasteiger charge is 2.42. The summed E-state index contributed by atoms with van der Waals surface area (Å²) in [4.78, 5) is 11.5. The first kappa shape index (κ1) is 29.1. The second-order valence-electron chi connectivity index (χ2n) is 10.9. The van der Waals surface area contributed by atoms with E-state index in [0.29, 0.717) is 32.8 Å². The summed E-state index contributed by atoms with van der Waals surface area (Å²) in [5.74, 6) is 1.60. The average Bonchev–Trinajstić information content (AvgIpc) is 3.29. The van der Waals surface area contributed by atoms with E-state index < -0.39 is 21.4 Å². The number of carbonyl (C=O) groups is 1. The largest absolute Gasteiger partial charge is 0.493 e. The summed E-state index contributed by atoms with van der Waals surface area (Å²) in [6.07, 6.45) is 0.665. The van der Waals surface area contributed by atoms with E-state index in [1.807, 2.05) is 48.5 Å². The number of esters is 1. The Balaban J connectivity index is 1.21. The van der Waals surface area contributed by atoms with E-state index in [1.165, 1.54) is 7.11 Å². The van der Waals surface area contributed by atoms with Crippen molar-refractivity contribution in [3.63, 3.8) is 0 Å². The Morgan fingerprint density at radius 2 is 1.71 bits per heavy atom. The van der Waals surface area contributed by atoms with Gasteiger partial charge in [-0.3, -0.25) is 0 Å². The first-order valence-corrected chi connectivity index (χ1v) is 15.5. The van der Waals surface area contributed by atoms with Gasteiger partial charge in [-0.15, -0.1) is 0 Å². The van der Waals surface area contributed by atoms with Crippen LogP contribution >= 0.6 is 0 Å². The molecule has 0 aliphatic carbocycles. The molecule has 218 valence electrons. The minimum atomic E-state index is -2.91. The second-order valence-corrected chi connectivity index (χ2v) is 13.1. The SMILES string of the molecule is COC(=O)COC1(c2ccc(OCc3cccc(-c4c(C)cc(OCC5CCS(=O)(=O)C5)cc4C)c3)cc2)COC1. The van der Waals surface area contributed by atoms with E-state index in [1.54, 1.807) is 0 Å². The number of sulfone groups is 1. The molecule has 2 saturated heterocycles. The molecular weight excluding hydrogens is 544 g/mol. The molecule has 3 aromatic rings. The van der Waals surface area contributed by atoms with Gasteiger partial charge < -0.3 is 23.7 Å². The van der Waals surface area contributed by atoms with Gasteiger partial charge in [0.05, 0.1) is 38.4 Å². The lowest BCUT2D eigenvalue weighted by atomic mass is 9.91. The molecule has 0 spiro atoms. The van der Waals surface area contributed by atoms with Crippen LogP contribution < -0.4 is 9.47 Å². The third kappa shape index (κ3) is 6.92. The Bertz CT molecular complexity index is 1470. The average molecular weight is 581 g/mol. The van der Waals surface area contributed by atoms with Gasteiger partial charge in [-0.2, -0.15) is 0 Å². The number of carbonyl (C=O) groups excluding carboxylic acids is 1. The minimum Gasteiger partial charge on any atom is -0.493 e. The topological polar surface area (TPSA) is 97.4 Å². The number of hydrogen-bond donors (Lipinski definition) is 0. The zero-order valence-corrected chi connectivity index (χ0v) is 24.5. The van der Waals surface area contributed by atoms with Crippen molar-refractivity contribution in [2.24, 2.45) is 5.92 Å². The van der Waals surface area contributed by atoms with Crippen molar-refractivity contribution in [2.45, 2.75) is 32.5 Å². The lowest BCUT2D eigenvalue weighted by molar-refractivity contribution is -0.220. The molecule has 1 unspecified atom stereocenters. The summed E-state index contributed by atoms with van der Waals surface area (Å²) in [5.41, 5.74) is 5.75. The number of hydrogen-bond acceptors (Lipinski definition) is 8. The summed E-state index contributed by atoms with van der Waals surface area (Å²) in [7, 11) is -1.58. The quantitative estimate of drug-likeness (QED) is 0.299. The summed E-state index contributed by atoms with van der Waals surface area (Å²) < 4.78 is 51.4. The van der Waals surface area contributed by atoms with Gasteiger partial charge in [0.15, 0.2) is 9.84 Å². The zero-order valence-electron chi connectivity index (χ0n) is 23.7. The maximum absolute atomic E-state index is 11.7. The van der Waals surface area contributed by atoms with E-state index in [2.05, 4.69) is 30.7 Å². The number of ether oxygens (including phenoxy) is 5. The summed E-state index contributed by atoms with van der Waals surface area (Å²) in [6.45, 7) is 5.59. The second kappa shape index (κ2) is 12.2. The molecule has 0 bridgehead atoms. The molecule has 0 saturated carbocycles. The van der Waals surface area contributed by atoms with Crippen LogP contribution in [-0.4, -0.2) is 59.4 Å². The number of methoxy groups -OCH3 is 1. The molecule has 2 aliphatic heterocycles. The van der Waals surface area contributed by atoms with Crippen molar-refractivity contribution in [1.82, 2.24) is 0 Å². The Hall–Kier alpha value is -3.40. The van der Waals surface area contributed by atoms with Crippen LogP contribution in [0.2, 0.25) is 0 Å². The molecule has 5 rings (SSSR count). The van der Waals surface area contributed by atoms with E-state index in [4.69, 9.17) is 18.9 Å². The molecule has 0 N–H and O–H groups in total. The lowest BCUT2D eigenvalue weighted by Gasteiger charge is -2.41. The van der Waals surface area contributed by atoms with E-state index >= 15 is 0 Å². The number of aryl methyl sites for hydroxylation is 2. The molecule has 1 atom stereocenters. The third-order valence-corrected chi connectivity index (χ3v) is 9.52. The van der Waals surface area contributed by atoms with Gasteiger partial charge in [-0.25, -0.2) is 13.2 Å². The maximum atomic E-state index is 11.7. The monoisotopic (exact) mass is 580 g/mol. The zero-order chi connectivity index (χ0) is 29.0. The third-order valence-electron chi connectivity index (χ3n) is 7.68. The van der Waals surface area contributed by atoms with Gasteiger partial charge in [0, 0.05) is 5.92 Å². The highest BCUT2D eigenvalue weighted by atomic mass is 32.2. The Labute approximate surface area is 241 Å². The predicted molar refractivity (Wildman–Crippen MR) is 155 cm³/mol. The fourth-order valence-corrected chi connectivity index (χ4v) is 7.24. The first-order valence-electron chi connectivity index (χ1n) is 13.7. The standard InChI is InChI=1S/C32H36O8S/c1-22-13-29(39-17-25-11-12-41(34,35)19-25)14-23(2)31(22)26-6-4-5-24(15-26)16-38-28-9-7-27(8-10-28)32(20-37-21-32)40-18-30(33)36-3/h4-10,13-15,25H,11-12,16-21H2,1-3H3.